The Morgan fingerprint density at radius 3 is 2.33 bits per heavy atom. The lowest BCUT2D eigenvalue weighted by Crippen LogP contribution is -2.11. The summed E-state index contributed by atoms with van der Waals surface area (Å²) >= 11 is 0. The van der Waals surface area contributed by atoms with Gasteiger partial charge in [0.25, 0.3) is 0 Å². The van der Waals surface area contributed by atoms with E-state index < -0.39 is 0 Å². The lowest BCUT2D eigenvalue weighted by molar-refractivity contribution is 0.484. The highest BCUT2D eigenvalue weighted by atomic mass is 14.6. The van der Waals surface area contributed by atoms with Gasteiger partial charge < -0.3 is 5.73 Å². The van der Waals surface area contributed by atoms with Crippen molar-refractivity contribution in [3.63, 3.8) is 0 Å². The minimum absolute atomic E-state index is 0.639. The molecule has 1 atom stereocenters. The van der Waals surface area contributed by atoms with E-state index in [1.165, 1.54) is 32.1 Å². The molecule has 0 rings (SSSR count). The van der Waals surface area contributed by atoms with Crippen molar-refractivity contribution in [1.82, 2.24) is 0 Å². The van der Waals surface area contributed by atoms with E-state index in [1.807, 2.05) is 6.92 Å². The molecule has 2 N–H and O–H groups in total. The molecule has 12 heavy (non-hydrogen) atoms. The molecule has 1 nitrogen and oxygen atoms in total. The van der Waals surface area contributed by atoms with Gasteiger partial charge >= 0.3 is 0 Å². The maximum Gasteiger partial charge on any atom is 0.00686 e. The zero-order valence-corrected chi connectivity index (χ0v) is 8.77. The normalized spacial score (nSPS) is 14.8. The number of hydrogen-bond donors (Lipinski definition) is 1. The highest BCUT2D eigenvalue weighted by Gasteiger charge is 2.08. The van der Waals surface area contributed by atoms with Gasteiger partial charge in [0, 0.05) is 5.70 Å². The standard InChI is InChI=1S/C11H23N/c1-4-7-9-10(8-5-2)11(12)6-3/h6,10H,4-5,7-9,12H2,1-3H3/b11-6-. The SMILES string of the molecule is C/C=C(\N)C(CCC)CCCC. The van der Waals surface area contributed by atoms with Crippen LogP contribution in [0.3, 0.4) is 0 Å². The molecule has 0 saturated heterocycles. The molecule has 0 aliphatic heterocycles. The van der Waals surface area contributed by atoms with E-state index in [1.54, 1.807) is 0 Å². The summed E-state index contributed by atoms with van der Waals surface area (Å²) in [5, 5.41) is 0. The van der Waals surface area contributed by atoms with Crippen molar-refractivity contribution < 1.29 is 0 Å². The summed E-state index contributed by atoms with van der Waals surface area (Å²) in [4.78, 5) is 0. The second-order valence-electron chi connectivity index (χ2n) is 3.42. The predicted molar refractivity (Wildman–Crippen MR) is 55.9 cm³/mol. The first kappa shape index (κ1) is 11.5. The first-order valence-corrected chi connectivity index (χ1v) is 5.17. The maximum atomic E-state index is 5.91. The van der Waals surface area contributed by atoms with Crippen molar-refractivity contribution in [3.05, 3.63) is 11.8 Å². The Kier molecular flexibility index (Phi) is 6.93. The molecular weight excluding hydrogens is 146 g/mol. The van der Waals surface area contributed by atoms with Crippen LogP contribution < -0.4 is 5.73 Å². The van der Waals surface area contributed by atoms with Crippen LogP contribution in [0.4, 0.5) is 0 Å². The van der Waals surface area contributed by atoms with Crippen LogP contribution in [-0.2, 0) is 0 Å². The van der Waals surface area contributed by atoms with Gasteiger partial charge in [-0.1, -0.05) is 39.2 Å². The van der Waals surface area contributed by atoms with E-state index in [4.69, 9.17) is 5.73 Å². The summed E-state index contributed by atoms with van der Waals surface area (Å²) in [6.07, 6.45) is 8.38. The zero-order valence-electron chi connectivity index (χ0n) is 8.77. The Balaban J connectivity index is 3.85. The minimum atomic E-state index is 0.639. The van der Waals surface area contributed by atoms with Gasteiger partial charge in [-0.25, -0.2) is 0 Å². The minimum Gasteiger partial charge on any atom is -0.402 e. The first-order chi connectivity index (χ1) is 5.76. The molecule has 0 heterocycles. The highest BCUT2D eigenvalue weighted by Crippen LogP contribution is 2.19. The van der Waals surface area contributed by atoms with Gasteiger partial charge in [0.1, 0.15) is 0 Å². The van der Waals surface area contributed by atoms with Gasteiger partial charge in [-0.05, 0) is 25.7 Å². The third-order valence-electron chi connectivity index (χ3n) is 2.35. The van der Waals surface area contributed by atoms with Crippen LogP contribution in [0.15, 0.2) is 11.8 Å². The van der Waals surface area contributed by atoms with Gasteiger partial charge in [-0.15, -0.1) is 0 Å². The van der Waals surface area contributed by atoms with Gasteiger partial charge in [-0.2, -0.15) is 0 Å². The summed E-state index contributed by atoms with van der Waals surface area (Å²) in [5.41, 5.74) is 6.99. The summed E-state index contributed by atoms with van der Waals surface area (Å²) in [5.74, 6) is 0.639. The molecular formula is C11H23N. The molecule has 0 aromatic rings. The maximum absolute atomic E-state index is 5.91. The molecule has 0 amide bonds. The van der Waals surface area contributed by atoms with Crippen LogP contribution in [0.2, 0.25) is 0 Å². The van der Waals surface area contributed by atoms with Crippen molar-refractivity contribution in [2.75, 3.05) is 0 Å². The van der Waals surface area contributed by atoms with Crippen LogP contribution in [-0.4, -0.2) is 0 Å². The number of hydrogen-bond acceptors (Lipinski definition) is 1. The van der Waals surface area contributed by atoms with Crippen LogP contribution in [0.1, 0.15) is 52.9 Å². The molecule has 0 aromatic heterocycles. The number of unbranched alkanes of at least 4 members (excludes halogenated alkanes) is 1. The van der Waals surface area contributed by atoms with Crippen LogP contribution >= 0.6 is 0 Å². The van der Waals surface area contributed by atoms with E-state index in [0.717, 1.165) is 5.70 Å². The lowest BCUT2D eigenvalue weighted by Gasteiger charge is -2.15. The molecule has 0 aliphatic carbocycles. The monoisotopic (exact) mass is 169 g/mol. The van der Waals surface area contributed by atoms with E-state index in [-0.39, 0.29) is 0 Å². The van der Waals surface area contributed by atoms with E-state index >= 15 is 0 Å². The van der Waals surface area contributed by atoms with Crippen LogP contribution in [0.25, 0.3) is 0 Å². The van der Waals surface area contributed by atoms with Crippen LogP contribution in [0.5, 0.6) is 0 Å². The van der Waals surface area contributed by atoms with Crippen LogP contribution in [0, 0.1) is 5.92 Å². The van der Waals surface area contributed by atoms with E-state index in [2.05, 4.69) is 19.9 Å². The Hall–Kier alpha value is -0.460. The molecule has 72 valence electrons. The van der Waals surface area contributed by atoms with Gasteiger partial charge in [-0.3, -0.25) is 0 Å². The summed E-state index contributed by atoms with van der Waals surface area (Å²) in [6.45, 7) is 6.49. The fourth-order valence-corrected chi connectivity index (χ4v) is 1.51. The molecule has 0 saturated carbocycles. The molecule has 0 aliphatic rings. The molecule has 0 aromatic carbocycles. The number of allylic oxidation sites excluding steroid dienone is 2. The Labute approximate surface area is 77.0 Å². The Morgan fingerprint density at radius 2 is 1.92 bits per heavy atom. The highest BCUT2D eigenvalue weighted by molar-refractivity contribution is 4.99. The van der Waals surface area contributed by atoms with Gasteiger partial charge in [0.2, 0.25) is 0 Å². The third kappa shape index (κ3) is 4.42. The topological polar surface area (TPSA) is 26.0 Å². The van der Waals surface area contributed by atoms with Crippen molar-refractivity contribution in [3.8, 4) is 0 Å². The molecule has 1 unspecified atom stereocenters. The van der Waals surface area contributed by atoms with Crippen molar-refractivity contribution in [2.24, 2.45) is 11.7 Å². The molecule has 0 bridgehead atoms. The van der Waals surface area contributed by atoms with Crippen molar-refractivity contribution >= 4 is 0 Å². The average molecular weight is 169 g/mol. The molecule has 0 radical (unpaired) electrons. The van der Waals surface area contributed by atoms with E-state index in [0.29, 0.717) is 5.92 Å². The smallest absolute Gasteiger partial charge is 0.00686 e. The third-order valence-corrected chi connectivity index (χ3v) is 2.35. The van der Waals surface area contributed by atoms with Gasteiger partial charge in [0.15, 0.2) is 0 Å². The van der Waals surface area contributed by atoms with E-state index in [9.17, 15) is 0 Å². The summed E-state index contributed by atoms with van der Waals surface area (Å²) in [7, 11) is 0. The largest absolute Gasteiger partial charge is 0.402 e. The predicted octanol–water partition coefficient (Wildman–Crippen LogP) is 3.46. The zero-order chi connectivity index (χ0) is 9.40. The average Bonchev–Trinajstić information content (AvgIpc) is 2.11. The summed E-state index contributed by atoms with van der Waals surface area (Å²) in [6, 6.07) is 0. The quantitative estimate of drug-likeness (QED) is 0.647. The molecule has 1 heteroatoms. The fourth-order valence-electron chi connectivity index (χ4n) is 1.51. The Morgan fingerprint density at radius 1 is 1.25 bits per heavy atom. The van der Waals surface area contributed by atoms with Gasteiger partial charge in [0.05, 0.1) is 0 Å². The lowest BCUT2D eigenvalue weighted by atomic mass is 9.94. The number of rotatable bonds is 6. The fraction of sp³-hybridized carbons (Fsp3) is 0.818. The Bertz CT molecular complexity index is 127. The molecule has 0 fully saturated rings. The second kappa shape index (κ2) is 7.20. The molecule has 0 spiro atoms. The van der Waals surface area contributed by atoms with Crippen molar-refractivity contribution in [2.45, 2.75) is 52.9 Å². The first-order valence-electron chi connectivity index (χ1n) is 5.17. The summed E-state index contributed by atoms with van der Waals surface area (Å²) < 4.78 is 0. The second-order valence-corrected chi connectivity index (χ2v) is 3.42. The van der Waals surface area contributed by atoms with Crippen molar-refractivity contribution in [1.29, 1.82) is 0 Å². The number of nitrogens with two attached hydrogens (primary N) is 1.